The van der Waals surface area contributed by atoms with Crippen LogP contribution in [0.3, 0.4) is 0 Å². The maximum absolute atomic E-state index is 12.5. The van der Waals surface area contributed by atoms with E-state index >= 15 is 0 Å². The Hall–Kier alpha value is -3.42. The Kier molecular flexibility index (Phi) is 6.11. The summed E-state index contributed by atoms with van der Waals surface area (Å²) < 4.78 is 35.0. The third-order valence-corrected chi connectivity index (χ3v) is 6.26. The zero-order valence-electron chi connectivity index (χ0n) is 14.8. The molecule has 0 saturated heterocycles. The number of furan rings is 1. The minimum Gasteiger partial charge on any atom is -0.457 e. The molecule has 1 aromatic carbocycles. The van der Waals surface area contributed by atoms with Crippen LogP contribution in [0, 0.1) is 11.3 Å². The Balaban J connectivity index is 1.63. The van der Waals surface area contributed by atoms with Gasteiger partial charge in [-0.25, -0.2) is 13.2 Å². The van der Waals surface area contributed by atoms with Gasteiger partial charge in [-0.2, -0.15) is 5.26 Å². The van der Waals surface area contributed by atoms with Crippen molar-refractivity contribution in [1.29, 1.82) is 5.26 Å². The first-order valence-electron chi connectivity index (χ1n) is 8.19. The van der Waals surface area contributed by atoms with E-state index in [0.29, 0.717) is 10.6 Å². The number of carbonyl (C=O) groups is 2. The summed E-state index contributed by atoms with van der Waals surface area (Å²) in [6.45, 7) is -0.618. The molecule has 0 radical (unpaired) electrons. The van der Waals surface area contributed by atoms with Gasteiger partial charge in [-0.05, 0) is 29.6 Å². The molecule has 0 aliphatic carbocycles. The predicted octanol–water partition coefficient (Wildman–Crippen LogP) is 2.98. The summed E-state index contributed by atoms with van der Waals surface area (Å²) in [7, 11) is -3.69. The van der Waals surface area contributed by atoms with E-state index in [4.69, 9.17) is 14.4 Å². The van der Waals surface area contributed by atoms with Gasteiger partial charge >= 0.3 is 5.97 Å². The van der Waals surface area contributed by atoms with Crippen molar-refractivity contribution in [1.82, 2.24) is 0 Å². The number of ether oxygens (including phenoxy) is 1. The maximum Gasteiger partial charge on any atom is 0.375 e. The van der Waals surface area contributed by atoms with E-state index < -0.39 is 34.1 Å². The van der Waals surface area contributed by atoms with Gasteiger partial charge in [-0.15, -0.1) is 11.3 Å². The van der Waals surface area contributed by atoms with Crippen molar-refractivity contribution in [3.05, 3.63) is 71.0 Å². The Morgan fingerprint density at radius 1 is 1.17 bits per heavy atom. The minimum atomic E-state index is -3.69. The van der Waals surface area contributed by atoms with Crippen molar-refractivity contribution in [2.45, 2.75) is 10.6 Å². The second-order valence-electron chi connectivity index (χ2n) is 5.75. The average Bonchev–Trinajstić information content (AvgIpc) is 3.35. The number of benzene rings is 1. The van der Waals surface area contributed by atoms with Gasteiger partial charge < -0.3 is 14.5 Å². The average molecular weight is 430 g/mol. The highest BCUT2D eigenvalue weighted by atomic mass is 32.2. The molecular weight excluding hydrogens is 416 g/mol. The fourth-order valence-electron chi connectivity index (χ4n) is 2.40. The van der Waals surface area contributed by atoms with E-state index in [1.807, 2.05) is 6.07 Å². The van der Waals surface area contributed by atoms with E-state index in [0.717, 1.165) is 11.3 Å². The van der Waals surface area contributed by atoms with Crippen LogP contribution in [0.25, 0.3) is 0 Å². The first-order chi connectivity index (χ1) is 13.9. The number of hydrogen-bond acceptors (Lipinski definition) is 8. The molecule has 0 saturated carbocycles. The van der Waals surface area contributed by atoms with Crippen molar-refractivity contribution < 1.29 is 27.2 Å². The largest absolute Gasteiger partial charge is 0.457 e. The van der Waals surface area contributed by atoms with Crippen LogP contribution in [-0.2, 0) is 25.1 Å². The van der Waals surface area contributed by atoms with Crippen LogP contribution in [0.1, 0.15) is 21.7 Å². The summed E-state index contributed by atoms with van der Waals surface area (Å²) in [4.78, 5) is 24.3. The van der Waals surface area contributed by atoms with Gasteiger partial charge in [0.05, 0.1) is 22.5 Å². The van der Waals surface area contributed by atoms with E-state index in [9.17, 15) is 18.0 Å². The van der Waals surface area contributed by atoms with Crippen molar-refractivity contribution in [2.24, 2.45) is 0 Å². The van der Waals surface area contributed by atoms with Crippen LogP contribution in [0.15, 0.2) is 63.4 Å². The first-order valence-corrected chi connectivity index (χ1v) is 10.7. The lowest BCUT2D eigenvalue weighted by atomic mass is 10.3. The fourth-order valence-corrected chi connectivity index (χ4v) is 4.53. The number of rotatable bonds is 7. The molecule has 2 heterocycles. The molecule has 0 aliphatic rings. The van der Waals surface area contributed by atoms with Gasteiger partial charge in [0.2, 0.25) is 5.76 Å². The Bertz CT molecular complexity index is 1170. The van der Waals surface area contributed by atoms with Crippen molar-refractivity contribution in [2.75, 3.05) is 11.9 Å². The molecule has 29 heavy (non-hydrogen) atoms. The molecule has 3 aromatic rings. The lowest BCUT2D eigenvalue weighted by Gasteiger charge is -2.06. The number of nitrogens with zero attached hydrogens (tertiary/aromatic N) is 1. The minimum absolute atomic E-state index is 0.115. The van der Waals surface area contributed by atoms with E-state index in [1.165, 1.54) is 24.5 Å². The van der Waals surface area contributed by atoms with E-state index in [2.05, 4.69) is 5.32 Å². The number of amides is 1. The molecule has 0 bridgehead atoms. The van der Waals surface area contributed by atoms with Crippen LogP contribution >= 0.6 is 11.3 Å². The zero-order chi connectivity index (χ0) is 20.9. The van der Waals surface area contributed by atoms with Crippen molar-refractivity contribution in [3.8, 4) is 6.07 Å². The molecule has 0 atom stereocenters. The lowest BCUT2D eigenvalue weighted by molar-refractivity contribution is -0.119. The monoisotopic (exact) mass is 430 g/mol. The predicted molar refractivity (Wildman–Crippen MR) is 104 cm³/mol. The normalized spacial score (nSPS) is 10.9. The number of carbonyl (C=O) groups excluding carboxylic acids is 2. The molecule has 1 amide bonds. The summed E-state index contributed by atoms with van der Waals surface area (Å²) in [5.41, 5.74) is 0.429. The smallest absolute Gasteiger partial charge is 0.375 e. The molecule has 0 aliphatic heterocycles. The summed E-state index contributed by atoms with van der Waals surface area (Å²) in [5.74, 6) is -2.34. The SMILES string of the molecule is N#Cc1ccsc1NC(=O)COC(=O)c1occc1CS(=O)(=O)c1ccccc1. The van der Waals surface area contributed by atoms with Crippen LogP contribution in [-0.4, -0.2) is 26.9 Å². The zero-order valence-corrected chi connectivity index (χ0v) is 16.5. The standard InChI is InChI=1S/C19H14N2O6S2/c20-10-13-7-9-28-18(13)21-16(22)11-27-19(23)17-14(6-8-26-17)12-29(24,25)15-4-2-1-3-5-15/h1-9H,11-12H2,(H,21,22). The number of sulfone groups is 1. The molecule has 8 nitrogen and oxygen atoms in total. The number of anilines is 1. The summed E-state index contributed by atoms with van der Waals surface area (Å²) in [5, 5.41) is 13.4. The topological polar surface area (TPSA) is 126 Å². The molecule has 10 heteroatoms. The molecule has 0 unspecified atom stereocenters. The number of nitrogens with one attached hydrogen (secondary N) is 1. The fraction of sp³-hybridized carbons (Fsp3) is 0.105. The van der Waals surface area contributed by atoms with Gasteiger partial charge in [0.25, 0.3) is 5.91 Å². The third kappa shape index (κ3) is 4.90. The third-order valence-electron chi connectivity index (χ3n) is 3.75. The maximum atomic E-state index is 12.5. The number of thiophene rings is 1. The van der Waals surface area contributed by atoms with Gasteiger partial charge in [-0.1, -0.05) is 18.2 Å². The van der Waals surface area contributed by atoms with Crippen LogP contribution in [0.2, 0.25) is 0 Å². The number of nitriles is 1. The van der Waals surface area contributed by atoms with Crippen molar-refractivity contribution in [3.63, 3.8) is 0 Å². The van der Waals surface area contributed by atoms with Crippen molar-refractivity contribution >= 4 is 38.1 Å². The van der Waals surface area contributed by atoms with Gasteiger partial charge in [-0.3, -0.25) is 4.79 Å². The van der Waals surface area contributed by atoms with Crippen LogP contribution < -0.4 is 5.32 Å². The second kappa shape index (κ2) is 8.72. The van der Waals surface area contributed by atoms with Gasteiger partial charge in [0, 0.05) is 5.56 Å². The summed E-state index contributed by atoms with van der Waals surface area (Å²) in [6.07, 6.45) is 1.18. The second-order valence-corrected chi connectivity index (χ2v) is 8.65. The Labute approximate surface area is 170 Å². The summed E-state index contributed by atoms with van der Waals surface area (Å²) in [6, 6.07) is 12.6. The number of esters is 1. The summed E-state index contributed by atoms with van der Waals surface area (Å²) >= 11 is 1.16. The Morgan fingerprint density at radius 2 is 1.93 bits per heavy atom. The lowest BCUT2D eigenvalue weighted by Crippen LogP contribution is -2.21. The first kappa shape index (κ1) is 20.3. The van der Waals surface area contributed by atoms with Gasteiger partial charge in [0.1, 0.15) is 11.1 Å². The van der Waals surface area contributed by atoms with Crippen LogP contribution in [0.5, 0.6) is 0 Å². The molecule has 1 N–H and O–H groups in total. The Morgan fingerprint density at radius 3 is 2.66 bits per heavy atom. The molecule has 3 rings (SSSR count). The van der Waals surface area contributed by atoms with E-state index in [-0.39, 0.29) is 16.2 Å². The molecule has 0 spiro atoms. The van der Waals surface area contributed by atoms with Crippen LogP contribution in [0.4, 0.5) is 5.00 Å². The highest BCUT2D eigenvalue weighted by Gasteiger charge is 2.24. The van der Waals surface area contributed by atoms with E-state index in [1.54, 1.807) is 29.6 Å². The molecule has 0 fully saturated rings. The highest BCUT2D eigenvalue weighted by molar-refractivity contribution is 7.90. The molecule has 2 aromatic heterocycles. The molecular formula is C19H14N2O6S2. The quantitative estimate of drug-likeness (QED) is 0.571. The highest BCUT2D eigenvalue weighted by Crippen LogP contribution is 2.22. The molecule has 148 valence electrons. The van der Waals surface area contributed by atoms with Gasteiger partial charge in [0.15, 0.2) is 16.4 Å². The number of hydrogen-bond donors (Lipinski definition) is 1.